The number of aryl methyl sites for hydroxylation is 1. The molecular weight excluding hydrogens is 252 g/mol. The Morgan fingerprint density at radius 1 is 1.50 bits per heavy atom. The molecule has 0 amide bonds. The molecule has 100 valence electrons. The van der Waals surface area contributed by atoms with Gasteiger partial charge in [-0.15, -0.1) is 0 Å². The summed E-state index contributed by atoms with van der Waals surface area (Å²) in [7, 11) is -3.05. The summed E-state index contributed by atoms with van der Waals surface area (Å²) in [6.45, 7) is 3.86. The van der Waals surface area contributed by atoms with Crippen LogP contribution in [0.3, 0.4) is 0 Å². The number of hydrogen-bond acceptors (Lipinski definition) is 5. The molecule has 1 unspecified atom stereocenters. The molecule has 2 rings (SSSR count). The van der Waals surface area contributed by atoms with Crippen molar-refractivity contribution in [2.45, 2.75) is 13.3 Å². The molecule has 1 aromatic heterocycles. The molecule has 1 saturated heterocycles. The van der Waals surface area contributed by atoms with Crippen molar-refractivity contribution in [3.63, 3.8) is 0 Å². The van der Waals surface area contributed by atoms with E-state index in [1.807, 2.05) is 13.0 Å². The van der Waals surface area contributed by atoms with E-state index in [4.69, 9.17) is 0 Å². The van der Waals surface area contributed by atoms with Crippen LogP contribution in [0.2, 0.25) is 0 Å². The van der Waals surface area contributed by atoms with Gasteiger partial charge in [-0.3, -0.25) is 0 Å². The largest absolute Gasteiger partial charge is 0.370 e. The van der Waals surface area contributed by atoms with Gasteiger partial charge in [-0.1, -0.05) is 0 Å². The van der Waals surface area contributed by atoms with E-state index < -0.39 is 10.0 Å². The Labute approximate surface area is 107 Å². The molecule has 0 bridgehead atoms. The summed E-state index contributed by atoms with van der Waals surface area (Å²) < 4.78 is 24.3. The van der Waals surface area contributed by atoms with Gasteiger partial charge in [0.05, 0.1) is 6.26 Å². The predicted octanol–water partition coefficient (Wildman–Crippen LogP) is 0.478. The summed E-state index contributed by atoms with van der Waals surface area (Å²) in [5.41, 5.74) is 0.914. The zero-order chi connectivity index (χ0) is 13.2. The zero-order valence-corrected chi connectivity index (χ0v) is 11.4. The standard InChI is InChI=1S/C11H18N4O2S/c1-9-5-11(14-8-13-9)12-6-10-3-4-15(7-10)18(2,16)17/h5,8,10H,3-4,6-7H2,1-2H3,(H,12,13,14). The summed E-state index contributed by atoms with van der Waals surface area (Å²) in [6.07, 6.45) is 3.68. The van der Waals surface area contributed by atoms with Gasteiger partial charge < -0.3 is 5.32 Å². The number of nitrogens with zero attached hydrogens (tertiary/aromatic N) is 3. The molecule has 1 atom stereocenters. The molecule has 1 aliphatic rings. The molecule has 0 saturated carbocycles. The predicted molar refractivity (Wildman–Crippen MR) is 69.8 cm³/mol. The van der Waals surface area contributed by atoms with Gasteiger partial charge >= 0.3 is 0 Å². The Morgan fingerprint density at radius 2 is 2.28 bits per heavy atom. The van der Waals surface area contributed by atoms with Crippen LogP contribution in [0.1, 0.15) is 12.1 Å². The second-order valence-electron chi connectivity index (χ2n) is 4.70. The number of rotatable bonds is 4. The first-order valence-electron chi connectivity index (χ1n) is 5.93. The molecule has 0 aromatic carbocycles. The lowest BCUT2D eigenvalue weighted by molar-refractivity contribution is 0.466. The first-order chi connectivity index (χ1) is 8.45. The minimum absolute atomic E-state index is 0.343. The van der Waals surface area contributed by atoms with Crippen molar-refractivity contribution < 1.29 is 8.42 Å². The third-order valence-electron chi connectivity index (χ3n) is 3.09. The van der Waals surface area contributed by atoms with Crippen molar-refractivity contribution in [1.29, 1.82) is 0 Å². The molecule has 2 heterocycles. The number of anilines is 1. The third-order valence-corrected chi connectivity index (χ3v) is 4.36. The van der Waals surface area contributed by atoms with Gasteiger partial charge in [0.25, 0.3) is 0 Å². The van der Waals surface area contributed by atoms with E-state index in [2.05, 4.69) is 15.3 Å². The van der Waals surface area contributed by atoms with Crippen molar-refractivity contribution in [3.05, 3.63) is 18.1 Å². The lowest BCUT2D eigenvalue weighted by Gasteiger charge is -2.14. The van der Waals surface area contributed by atoms with E-state index in [9.17, 15) is 8.42 Å². The Hall–Kier alpha value is -1.21. The molecule has 7 heteroatoms. The van der Waals surface area contributed by atoms with Gasteiger partial charge in [-0.05, 0) is 19.3 Å². The first kappa shape index (κ1) is 13.2. The number of aromatic nitrogens is 2. The quantitative estimate of drug-likeness (QED) is 0.861. The highest BCUT2D eigenvalue weighted by Gasteiger charge is 2.28. The summed E-state index contributed by atoms with van der Waals surface area (Å²) >= 11 is 0. The average Bonchev–Trinajstić information content (AvgIpc) is 2.74. The highest BCUT2D eigenvalue weighted by atomic mass is 32.2. The third kappa shape index (κ3) is 3.39. The van der Waals surface area contributed by atoms with Crippen LogP contribution in [0.25, 0.3) is 0 Å². The molecular formula is C11H18N4O2S. The van der Waals surface area contributed by atoms with Crippen LogP contribution in [-0.4, -0.2) is 48.6 Å². The molecule has 1 aliphatic heterocycles. The number of hydrogen-bond donors (Lipinski definition) is 1. The van der Waals surface area contributed by atoms with E-state index >= 15 is 0 Å². The Balaban J connectivity index is 1.86. The van der Waals surface area contributed by atoms with Gasteiger partial charge in [0.2, 0.25) is 10.0 Å². The molecule has 0 aliphatic carbocycles. The fourth-order valence-electron chi connectivity index (χ4n) is 2.07. The minimum atomic E-state index is -3.05. The minimum Gasteiger partial charge on any atom is -0.370 e. The van der Waals surface area contributed by atoms with Crippen molar-refractivity contribution in [1.82, 2.24) is 14.3 Å². The SMILES string of the molecule is Cc1cc(NCC2CCN(S(C)(=O)=O)C2)ncn1. The highest BCUT2D eigenvalue weighted by Crippen LogP contribution is 2.19. The monoisotopic (exact) mass is 270 g/mol. The van der Waals surface area contributed by atoms with Crippen LogP contribution in [-0.2, 0) is 10.0 Å². The lowest BCUT2D eigenvalue weighted by atomic mass is 10.1. The molecule has 1 aromatic rings. The lowest BCUT2D eigenvalue weighted by Crippen LogP contribution is -2.28. The van der Waals surface area contributed by atoms with Gasteiger partial charge in [0, 0.05) is 31.4 Å². The molecule has 1 fully saturated rings. The topological polar surface area (TPSA) is 75.2 Å². The van der Waals surface area contributed by atoms with Gasteiger partial charge in [-0.2, -0.15) is 0 Å². The van der Waals surface area contributed by atoms with Crippen molar-refractivity contribution in [2.24, 2.45) is 5.92 Å². The average molecular weight is 270 g/mol. The van der Waals surface area contributed by atoms with Crippen LogP contribution < -0.4 is 5.32 Å². The highest BCUT2D eigenvalue weighted by molar-refractivity contribution is 7.88. The van der Waals surface area contributed by atoms with E-state index in [1.165, 1.54) is 16.9 Å². The van der Waals surface area contributed by atoms with Crippen molar-refractivity contribution in [2.75, 3.05) is 31.2 Å². The van der Waals surface area contributed by atoms with Crippen molar-refractivity contribution in [3.8, 4) is 0 Å². The van der Waals surface area contributed by atoms with E-state index in [0.717, 1.165) is 24.5 Å². The van der Waals surface area contributed by atoms with Crippen LogP contribution in [0.5, 0.6) is 0 Å². The first-order valence-corrected chi connectivity index (χ1v) is 7.77. The molecule has 1 N–H and O–H groups in total. The van der Waals surface area contributed by atoms with E-state index in [0.29, 0.717) is 19.0 Å². The Morgan fingerprint density at radius 3 is 2.89 bits per heavy atom. The second kappa shape index (κ2) is 5.19. The second-order valence-corrected chi connectivity index (χ2v) is 6.68. The molecule has 0 radical (unpaired) electrons. The van der Waals surface area contributed by atoms with Crippen LogP contribution >= 0.6 is 0 Å². The van der Waals surface area contributed by atoms with E-state index in [1.54, 1.807) is 0 Å². The Bertz CT molecular complexity index is 518. The molecule has 18 heavy (non-hydrogen) atoms. The van der Waals surface area contributed by atoms with Crippen LogP contribution in [0.4, 0.5) is 5.82 Å². The van der Waals surface area contributed by atoms with E-state index in [-0.39, 0.29) is 0 Å². The molecule has 0 spiro atoms. The normalized spacial score (nSPS) is 21.1. The fraction of sp³-hybridized carbons (Fsp3) is 0.636. The van der Waals surface area contributed by atoms with Gasteiger partial charge in [0.15, 0.2) is 0 Å². The number of sulfonamides is 1. The van der Waals surface area contributed by atoms with Crippen LogP contribution in [0, 0.1) is 12.8 Å². The summed E-state index contributed by atoms with van der Waals surface area (Å²) in [4.78, 5) is 8.14. The maximum atomic E-state index is 11.4. The van der Waals surface area contributed by atoms with Crippen LogP contribution in [0.15, 0.2) is 12.4 Å². The zero-order valence-electron chi connectivity index (χ0n) is 10.6. The maximum Gasteiger partial charge on any atom is 0.211 e. The summed E-state index contributed by atoms with van der Waals surface area (Å²) in [6, 6.07) is 1.88. The Kier molecular flexibility index (Phi) is 3.82. The van der Waals surface area contributed by atoms with Gasteiger partial charge in [0.1, 0.15) is 12.1 Å². The maximum absolute atomic E-state index is 11.4. The fourth-order valence-corrected chi connectivity index (χ4v) is 2.98. The number of nitrogens with one attached hydrogen (secondary N) is 1. The smallest absolute Gasteiger partial charge is 0.211 e. The van der Waals surface area contributed by atoms with Crippen molar-refractivity contribution >= 4 is 15.8 Å². The van der Waals surface area contributed by atoms with Gasteiger partial charge in [-0.25, -0.2) is 22.7 Å². The summed E-state index contributed by atoms with van der Waals surface area (Å²) in [5, 5.41) is 3.23. The molecule has 6 nitrogen and oxygen atoms in total. The summed E-state index contributed by atoms with van der Waals surface area (Å²) in [5.74, 6) is 1.13.